The van der Waals surface area contributed by atoms with Crippen LogP contribution in [0.2, 0.25) is 0 Å². The highest BCUT2D eigenvalue weighted by atomic mass is 15.2. The Kier molecular flexibility index (Phi) is 7.94. The van der Waals surface area contributed by atoms with Gasteiger partial charge < -0.3 is 15.5 Å². The highest BCUT2D eigenvalue weighted by Gasteiger charge is 2.23. The maximum atomic E-state index is 4.43. The van der Waals surface area contributed by atoms with Crippen molar-refractivity contribution in [3.63, 3.8) is 0 Å². The number of hydrogen-bond acceptors (Lipinski definition) is 3. The smallest absolute Gasteiger partial charge is 0.191 e. The van der Waals surface area contributed by atoms with Gasteiger partial charge in [0.2, 0.25) is 0 Å². The average Bonchev–Trinajstić information content (AvgIpc) is 3.24. The first kappa shape index (κ1) is 21.2. The Morgan fingerprint density at radius 2 is 1.83 bits per heavy atom. The number of nitrogens with zero attached hydrogens (tertiary/aromatic N) is 3. The van der Waals surface area contributed by atoms with E-state index in [9.17, 15) is 0 Å². The van der Waals surface area contributed by atoms with Gasteiger partial charge in [-0.2, -0.15) is 0 Å². The topological polar surface area (TPSA) is 42.9 Å². The lowest BCUT2D eigenvalue weighted by atomic mass is 10.1. The second-order valence-corrected chi connectivity index (χ2v) is 7.62. The standard InChI is InChI=1S/C24H35N5/c1-4-28(5-2)18-21-11-9-10-20(16-21)17-26-24(25-3)27-22-14-15-29(19-22)23-12-7-6-8-13-23/h6-13,16,22H,4-5,14-15,17-19H2,1-3H3,(H2,25,26,27). The summed E-state index contributed by atoms with van der Waals surface area (Å²) in [5.74, 6) is 0.874. The van der Waals surface area contributed by atoms with Gasteiger partial charge in [0.15, 0.2) is 5.96 Å². The lowest BCUT2D eigenvalue weighted by Gasteiger charge is -2.21. The predicted molar refractivity (Wildman–Crippen MR) is 123 cm³/mol. The van der Waals surface area contributed by atoms with E-state index in [1.54, 1.807) is 0 Å². The van der Waals surface area contributed by atoms with Gasteiger partial charge in [0.05, 0.1) is 0 Å². The number of benzene rings is 2. The highest BCUT2D eigenvalue weighted by Crippen LogP contribution is 2.19. The zero-order valence-corrected chi connectivity index (χ0v) is 18.1. The molecule has 1 fully saturated rings. The summed E-state index contributed by atoms with van der Waals surface area (Å²) in [5.41, 5.74) is 3.95. The molecule has 29 heavy (non-hydrogen) atoms. The summed E-state index contributed by atoms with van der Waals surface area (Å²) < 4.78 is 0. The third-order valence-electron chi connectivity index (χ3n) is 5.63. The lowest BCUT2D eigenvalue weighted by molar-refractivity contribution is 0.296. The van der Waals surface area contributed by atoms with Crippen molar-refractivity contribution in [2.75, 3.05) is 38.1 Å². The average molecular weight is 394 g/mol. The SMILES string of the molecule is CCN(CC)Cc1cccc(CNC(=NC)NC2CCN(c3ccccc3)C2)c1. The highest BCUT2D eigenvalue weighted by molar-refractivity contribution is 5.80. The van der Waals surface area contributed by atoms with Crippen LogP contribution in [-0.4, -0.2) is 50.1 Å². The lowest BCUT2D eigenvalue weighted by Crippen LogP contribution is -2.44. The molecule has 2 N–H and O–H groups in total. The van der Waals surface area contributed by atoms with Gasteiger partial charge in [-0.25, -0.2) is 0 Å². The summed E-state index contributed by atoms with van der Waals surface area (Å²) in [6.45, 7) is 10.5. The molecule has 1 aliphatic heterocycles. The first-order chi connectivity index (χ1) is 14.2. The molecule has 156 valence electrons. The number of hydrogen-bond donors (Lipinski definition) is 2. The summed E-state index contributed by atoms with van der Waals surface area (Å²) in [5, 5.41) is 7.07. The number of nitrogens with one attached hydrogen (secondary N) is 2. The van der Waals surface area contributed by atoms with Crippen LogP contribution in [0.3, 0.4) is 0 Å². The molecule has 1 unspecified atom stereocenters. The van der Waals surface area contributed by atoms with E-state index in [0.717, 1.165) is 51.6 Å². The molecule has 0 amide bonds. The van der Waals surface area contributed by atoms with Gasteiger partial charge in [0.1, 0.15) is 0 Å². The molecule has 0 bridgehead atoms. The Labute approximate surface area is 175 Å². The van der Waals surface area contributed by atoms with Crippen molar-refractivity contribution < 1.29 is 0 Å². The quantitative estimate of drug-likeness (QED) is 0.532. The molecule has 2 aromatic rings. The van der Waals surface area contributed by atoms with Crippen molar-refractivity contribution in [1.29, 1.82) is 0 Å². The van der Waals surface area contributed by atoms with Gasteiger partial charge in [0.25, 0.3) is 0 Å². The number of aliphatic imine (C=N–C) groups is 1. The number of guanidine groups is 1. The van der Waals surface area contributed by atoms with E-state index in [2.05, 4.69) is 93.9 Å². The van der Waals surface area contributed by atoms with Gasteiger partial charge in [0, 0.05) is 45.0 Å². The molecular formula is C24H35N5. The summed E-state index contributed by atoms with van der Waals surface area (Å²) >= 11 is 0. The van der Waals surface area contributed by atoms with Gasteiger partial charge in [-0.15, -0.1) is 0 Å². The molecular weight excluding hydrogens is 358 g/mol. The second-order valence-electron chi connectivity index (χ2n) is 7.62. The Morgan fingerprint density at radius 3 is 2.55 bits per heavy atom. The van der Waals surface area contributed by atoms with Gasteiger partial charge in [-0.3, -0.25) is 9.89 Å². The van der Waals surface area contributed by atoms with Crippen LogP contribution in [0.4, 0.5) is 5.69 Å². The fourth-order valence-corrected chi connectivity index (χ4v) is 3.87. The first-order valence-electron chi connectivity index (χ1n) is 10.8. The largest absolute Gasteiger partial charge is 0.369 e. The molecule has 5 nitrogen and oxygen atoms in total. The first-order valence-corrected chi connectivity index (χ1v) is 10.8. The summed E-state index contributed by atoms with van der Waals surface area (Å²) in [6, 6.07) is 19.9. The van der Waals surface area contributed by atoms with Crippen molar-refractivity contribution in [1.82, 2.24) is 15.5 Å². The molecule has 1 aliphatic rings. The van der Waals surface area contributed by atoms with Crippen LogP contribution >= 0.6 is 0 Å². The molecule has 2 aromatic carbocycles. The normalized spacial score (nSPS) is 17.0. The fraction of sp³-hybridized carbons (Fsp3) is 0.458. The monoisotopic (exact) mass is 393 g/mol. The van der Waals surface area contributed by atoms with E-state index in [1.807, 2.05) is 7.05 Å². The van der Waals surface area contributed by atoms with E-state index in [4.69, 9.17) is 0 Å². The number of anilines is 1. The van der Waals surface area contributed by atoms with Gasteiger partial charge in [-0.05, 0) is 42.8 Å². The van der Waals surface area contributed by atoms with E-state index in [-0.39, 0.29) is 0 Å². The van der Waals surface area contributed by atoms with Gasteiger partial charge in [-0.1, -0.05) is 56.3 Å². The molecule has 0 radical (unpaired) electrons. The van der Waals surface area contributed by atoms with Crippen LogP contribution < -0.4 is 15.5 Å². The van der Waals surface area contributed by atoms with E-state index < -0.39 is 0 Å². The van der Waals surface area contributed by atoms with E-state index >= 15 is 0 Å². The second kappa shape index (κ2) is 10.9. The molecule has 1 atom stereocenters. The number of rotatable bonds is 8. The Balaban J connectivity index is 1.50. The van der Waals surface area contributed by atoms with E-state index in [1.165, 1.54) is 16.8 Å². The Morgan fingerprint density at radius 1 is 1.07 bits per heavy atom. The molecule has 0 aliphatic carbocycles. The minimum absolute atomic E-state index is 0.412. The van der Waals surface area contributed by atoms with Crippen LogP contribution in [-0.2, 0) is 13.1 Å². The van der Waals surface area contributed by atoms with Gasteiger partial charge >= 0.3 is 0 Å². The van der Waals surface area contributed by atoms with Crippen molar-refractivity contribution in [2.24, 2.45) is 4.99 Å². The minimum Gasteiger partial charge on any atom is -0.369 e. The Bertz CT molecular complexity index is 770. The molecule has 5 heteroatoms. The van der Waals surface area contributed by atoms with Crippen molar-refractivity contribution in [3.8, 4) is 0 Å². The van der Waals surface area contributed by atoms with Crippen molar-refractivity contribution in [2.45, 2.75) is 39.4 Å². The van der Waals surface area contributed by atoms with Crippen LogP contribution in [0.1, 0.15) is 31.4 Å². The molecule has 0 saturated carbocycles. The minimum atomic E-state index is 0.412. The van der Waals surface area contributed by atoms with Crippen molar-refractivity contribution in [3.05, 3.63) is 65.7 Å². The van der Waals surface area contributed by atoms with Crippen LogP contribution in [0, 0.1) is 0 Å². The van der Waals surface area contributed by atoms with Crippen LogP contribution in [0.15, 0.2) is 59.6 Å². The molecule has 0 spiro atoms. The molecule has 3 rings (SSSR count). The summed E-state index contributed by atoms with van der Waals surface area (Å²) in [7, 11) is 1.84. The summed E-state index contributed by atoms with van der Waals surface area (Å²) in [4.78, 5) is 9.30. The third-order valence-corrected chi connectivity index (χ3v) is 5.63. The fourth-order valence-electron chi connectivity index (χ4n) is 3.87. The molecule has 1 heterocycles. The van der Waals surface area contributed by atoms with Crippen LogP contribution in [0.5, 0.6) is 0 Å². The zero-order chi connectivity index (χ0) is 20.5. The van der Waals surface area contributed by atoms with Crippen molar-refractivity contribution >= 4 is 11.6 Å². The third kappa shape index (κ3) is 6.23. The maximum absolute atomic E-state index is 4.43. The zero-order valence-electron chi connectivity index (χ0n) is 18.1. The molecule has 1 saturated heterocycles. The Hall–Kier alpha value is -2.53. The molecule has 0 aromatic heterocycles. The van der Waals surface area contributed by atoms with E-state index in [0.29, 0.717) is 6.04 Å². The van der Waals surface area contributed by atoms with Crippen LogP contribution in [0.25, 0.3) is 0 Å². The maximum Gasteiger partial charge on any atom is 0.191 e. The predicted octanol–water partition coefficient (Wildman–Crippen LogP) is 3.47. The summed E-state index contributed by atoms with van der Waals surface area (Å²) in [6.07, 6.45) is 1.12. The number of para-hydroxylation sites is 1.